The van der Waals surface area contributed by atoms with Gasteiger partial charge in [-0.15, -0.1) is 0 Å². The number of nitrogens with zero attached hydrogens (tertiary/aromatic N) is 3. The Morgan fingerprint density at radius 3 is 2.42 bits per heavy atom. The SMILES string of the molecule is N#Cc1cccc(Nc2cnc(C(=O)Nc3c(F)cccc3F)cn2)c1. The molecule has 1 aromatic heterocycles. The average Bonchev–Trinajstić information content (AvgIpc) is 2.65. The molecule has 26 heavy (non-hydrogen) atoms. The van der Waals surface area contributed by atoms with Crippen LogP contribution in [0, 0.1) is 23.0 Å². The van der Waals surface area contributed by atoms with Gasteiger partial charge in [0.25, 0.3) is 5.91 Å². The predicted molar refractivity (Wildman–Crippen MR) is 90.8 cm³/mol. The molecule has 0 aliphatic heterocycles. The summed E-state index contributed by atoms with van der Waals surface area (Å²) in [5.74, 6) is -2.22. The topological polar surface area (TPSA) is 90.7 Å². The van der Waals surface area contributed by atoms with Crippen LogP contribution in [0.25, 0.3) is 0 Å². The Kier molecular flexibility index (Phi) is 4.80. The molecule has 0 fully saturated rings. The number of rotatable bonds is 4. The Morgan fingerprint density at radius 2 is 1.77 bits per heavy atom. The van der Waals surface area contributed by atoms with Crippen LogP contribution in [-0.2, 0) is 0 Å². The number of nitriles is 1. The molecule has 2 aromatic carbocycles. The van der Waals surface area contributed by atoms with Crippen molar-refractivity contribution in [1.29, 1.82) is 5.26 Å². The number of aromatic nitrogens is 2. The Labute approximate surface area is 147 Å². The van der Waals surface area contributed by atoms with Gasteiger partial charge in [0.05, 0.1) is 24.0 Å². The Hall–Kier alpha value is -3.86. The molecule has 0 atom stereocenters. The molecule has 0 aliphatic rings. The van der Waals surface area contributed by atoms with E-state index in [1.54, 1.807) is 24.3 Å². The summed E-state index contributed by atoms with van der Waals surface area (Å²) in [6, 6.07) is 12.0. The molecule has 6 nitrogen and oxygen atoms in total. The van der Waals surface area contributed by atoms with Crippen LogP contribution >= 0.6 is 0 Å². The molecule has 0 saturated carbocycles. The van der Waals surface area contributed by atoms with E-state index in [1.807, 2.05) is 6.07 Å². The van der Waals surface area contributed by atoms with Gasteiger partial charge in [0.1, 0.15) is 28.8 Å². The van der Waals surface area contributed by atoms with Crippen molar-refractivity contribution < 1.29 is 13.6 Å². The molecular weight excluding hydrogens is 340 g/mol. The van der Waals surface area contributed by atoms with E-state index >= 15 is 0 Å². The molecule has 3 aromatic rings. The maximum Gasteiger partial charge on any atom is 0.276 e. The van der Waals surface area contributed by atoms with Crippen LogP contribution in [0.5, 0.6) is 0 Å². The number of nitrogens with one attached hydrogen (secondary N) is 2. The average molecular weight is 351 g/mol. The number of amides is 1. The minimum atomic E-state index is -0.887. The third-order valence-corrected chi connectivity index (χ3v) is 3.35. The highest BCUT2D eigenvalue weighted by Crippen LogP contribution is 2.19. The fraction of sp³-hybridized carbons (Fsp3) is 0. The van der Waals surface area contributed by atoms with Gasteiger partial charge < -0.3 is 10.6 Å². The summed E-state index contributed by atoms with van der Waals surface area (Å²) in [4.78, 5) is 20.0. The summed E-state index contributed by atoms with van der Waals surface area (Å²) >= 11 is 0. The van der Waals surface area contributed by atoms with Crippen molar-refractivity contribution in [1.82, 2.24) is 9.97 Å². The van der Waals surface area contributed by atoms with Crippen LogP contribution in [0.1, 0.15) is 16.1 Å². The molecular formula is C18H11F2N5O. The minimum absolute atomic E-state index is 0.107. The van der Waals surface area contributed by atoms with Crippen molar-refractivity contribution in [2.45, 2.75) is 0 Å². The van der Waals surface area contributed by atoms with Crippen LogP contribution in [0.2, 0.25) is 0 Å². The first kappa shape index (κ1) is 17.0. The molecule has 8 heteroatoms. The molecule has 3 rings (SSSR count). The van der Waals surface area contributed by atoms with Gasteiger partial charge in [0, 0.05) is 5.69 Å². The molecule has 0 aliphatic carbocycles. The number of benzene rings is 2. The molecule has 1 heterocycles. The summed E-state index contributed by atoms with van der Waals surface area (Å²) < 4.78 is 27.1. The third kappa shape index (κ3) is 3.79. The maximum absolute atomic E-state index is 13.6. The van der Waals surface area contributed by atoms with Gasteiger partial charge in [0.15, 0.2) is 0 Å². The highest BCUT2D eigenvalue weighted by Gasteiger charge is 2.14. The lowest BCUT2D eigenvalue weighted by Gasteiger charge is -2.08. The molecule has 128 valence electrons. The van der Waals surface area contributed by atoms with Crippen LogP contribution in [0.3, 0.4) is 0 Å². The van der Waals surface area contributed by atoms with Crippen LogP contribution < -0.4 is 10.6 Å². The number of hydrogen-bond donors (Lipinski definition) is 2. The van der Waals surface area contributed by atoms with Crippen molar-refractivity contribution in [3.05, 3.63) is 77.8 Å². The highest BCUT2D eigenvalue weighted by molar-refractivity contribution is 6.02. The van der Waals surface area contributed by atoms with Gasteiger partial charge in [-0.1, -0.05) is 12.1 Å². The number of hydrogen-bond acceptors (Lipinski definition) is 5. The zero-order valence-electron chi connectivity index (χ0n) is 13.2. The van der Waals surface area contributed by atoms with Crippen LogP contribution in [0.4, 0.5) is 26.0 Å². The van der Waals surface area contributed by atoms with Crippen LogP contribution in [0.15, 0.2) is 54.9 Å². The van der Waals surface area contributed by atoms with E-state index in [-0.39, 0.29) is 5.69 Å². The summed E-state index contributed by atoms with van der Waals surface area (Å²) in [6.07, 6.45) is 2.47. The molecule has 0 unspecified atom stereocenters. The van der Waals surface area contributed by atoms with E-state index < -0.39 is 23.2 Å². The Balaban J connectivity index is 1.73. The zero-order chi connectivity index (χ0) is 18.5. The van der Waals surface area contributed by atoms with Gasteiger partial charge in [-0.3, -0.25) is 4.79 Å². The van der Waals surface area contributed by atoms with E-state index in [0.717, 1.165) is 12.1 Å². The van der Waals surface area contributed by atoms with Gasteiger partial charge in [-0.2, -0.15) is 5.26 Å². The van der Waals surface area contributed by atoms with Gasteiger partial charge >= 0.3 is 0 Å². The third-order valence-electron chi connectivity index (χ3n) is 3.35. The van der Waals surface area contributed by atoms with E-state index in [1.165, 1.54) is 18.5 Å². The molecule has 0 saturated heterocycles. The Bertz CT molecular complexity index is 979. The van der Waals surface area contributed by atoms with Crippen molar-refractivity contribution >= 4 is 23.1 Å². The zero-order valence-corrected chi connectivity index (χ0v) is 13.2. The first-order chi connectivity index (χ1) is 12.6. The molecule has 2 N–H and O–H groups in total. The van der Waals surface area contributed by atoms with Crippen LogP contribution in [-0.4, -0.2) is 15.9 Å². The normalized spacial score (nSPS) is 10.0. The largest absolute Gasteiger partial charge is 0.339 e. The number of halogens is 2. The van der Waals surface area contributed by atoms with Crippen molar-refractivity contribution in [2.24, 2.45) is 0 Å². The standard InChI is InChI=1S/C18H11F2N5O/c19-13-5-2-6-14(20)17(13)25-18(26)15-9-23-16(10-22-15)24-12-4-1-3-11(7-12)8-21/h1-7,9-10H,(H,23,24)(H,25,26). The second-order valence-corrected chi connectivity index (χ2v) is 5.16. The quantitative estimate of drug-likeness (QED) is 0.749. The summed E-state index contributed by atoms with van der Waals surface area (Å²) in [7, 11) is 0. The summed E-state index contributed by atoms with van der Waals surface area (Å²) in [5, 5.41) is 13.9. The summed E-state index contributed by atoms with van der Waals surface area (Å²) in [5.41, 5.74) is 0.452. The lowest BCUT2D eigenvalue weighted by atomic mass is 10.2. The van der Waals surface area contributed by atoms with E-state index in [9.17, 15) is 13.6 Å². The number of carbonyl (C=O) groups excluding carboxylic acids is 1. The number of carbonyl (C=O) groups is 1. The second-order valence-electron chi connectivity index (χ2n) is 5.16. The monoisotopic (exact) mass is 351 g/mol. The molecule has 0 bridgehead atoms. The maximum atomic E-state index is 13.6. The predicted octanol–water partition coefficient (Wildman–Crippen LogP) is 3.62. The van der Waals surface area contributed by atoms with Gasteiger partial charge in [-0.05, 0) is 30.3 Å². The summed E-state index contributed by atoms with van der Waals surface area (Å²) in [6.45, 7) is 0. The van der Waals surface area contributed by atoms with Crippen molar-refractivity contribution in [3.63, 3.8) is 0 Å². The smallest absolute Gasteiger partial charge is 0.276 e. The number of para-hydroxylation sites is 1. The van der Waals surface area contributed by atoms with E-state index in [2.05, 4.69) is 20.6 Å². The minimum Gasteiger partial charge on any atom is -0.339 e. The van der Waals surface area contributed by atoms with Crippen molar-refractivity contribution in [3.8, 4) is 6.07 Å². The molecule has 0 radical (unpaired) electrons. The van der Waals surface area contributed by atoms with Gasteiger partial charge in [-0.25, -0.2) is 18.7 Å². The van der Waals surface area contributed by atoms with Crippen molar-refractivity contribution in [2.75, 3.05) is 10.6 Å². The van der Waals surface area contributed by atoms with Gasteiger partial charge in [0.2, 0.25) is 0 Å². The fourth-order valence-corrected chi connectivity index (χ4v) is 2.12. The number of anilines is 3. The lowest BCUT2D eigenvalue weighted by molar-refractivity contribution is 0.102. The van der Waals surface area contributed by atoms with E-state index in [0.29, 0.717) is 17.1 Å². The fourth-order valence-electron chi connectivity index (χ4n) is 2.12. The Morgan fingerprint density at radius 1 is 1.04 bits per heavy atom. The second kappa shape index (κ2) is 7.36. The highest BCUT2D eigenvalue weighted by atomic mass is 19.1. The first-order valence-electron chi connectivity index (χ1n) is 7.41. The lowest BCUT2D eigenvalue weighted by Crippen LogP contribution is -2.16. The molecule has 1 amide bonds. The molecule has 0 spiro atoms. The first-order valence-corrected chi connectivity index (χ1v) is 7.41. The van der Waals surface area contributed by atoms with E-state index in [4.69, 9.17) is 5.26 Å².